The molecule has 0 heterocycles. The van der Waals surface area contributed by atoms with Crippen molar-refractivity contribution in [2.75, 3.05) is 13.2 Å². The van der Waals surface area contributed by atoms with Crippen molar-refractivity contribution in [1.82, 2.24) is 0 Å². The molecule has 3 atom stereocenters. The van der Waals surface area contributed by atoms with Gasteiger partial charge in [0, 0.05) is 5.57 Å². The highest BCUT2D eigenvalue weighted by atomic mass is 16.5. The first-order valence-electron chi connectivity index (χ1n) is 11.4. The molecule has 0 amide bonds. The zero-order chi connectivity index (χ0) is 21.4. The number of hydrogen-bond donors (Lipinski definition) is 0. The zero-order valence-corrected chi connectivity index (χ0v) is 19.1. The fraction of sp³-hybridized carbons (Fsp3) is 0.833. The molecule has 0 radical (unpaired) electrons. The molecule has 0 rings (SSSR count). The lowest BCUT2D eigenvalue weighted by Gasteiger charge is -2.17. The first-order valence-corrected chi connectivity index (χ1v) is 11.4. The second-order valence-electron chi connectivity index (χ2n) is 8.10. The van der Waals surface area contributed by atoms with Crippen LogP contribution in [0.15, 0.2) is 12.2 Å². The van der Waals surface area contributed by atoms with E-state index in [2.05, 4.69) is 34.3 Å². The number of carbonyl (C=O) groups excluding carboxylic acids is 2. The van der Waals surface area contributed by atoms with Crippen molar-refractivity contribution in [3.63, 3.8) is 0 Å². The minimum atomic E-state index is -0.332. The van der Waals surface area contributed by atoms with Crippen LogP contribution in [0.25, 0.3) is 0 Å². The molecule has 164 valence electrons. The van der Waals surface area contributed by atoms with Gasteiger partial charge in [0.25, 0.3) is 0 Å². The standard InChI is InChI=1S/C24H44O4/c1-7-11-13-21(9-3)17-27-23(25)19(5)15-16-20(6)24(26)28-18-22(10-4)14-12-8-2/h20-22H,5,7-18H2,1-4,6H3. The van der Waals surface area contributed by atoms with Crippen LogP contribution in [0.5, 0.6) is 0 Å². The van der Waals surface area contributed by atoms with Crippen LogP contribution >= 0.6 is 0 Å². The van der Waals surface area contributed by atoms with Gasteiger partial charge in [0.1, 0.15) is 0 Å². The third-order valence-corrected chi connectivity index (χ3v) is 5.57. The highest BCUT2D eigenvalue weighted by Crippen LogP contribution is 2.18. The minimum Gasteiger partial charge on any atom is -0.465 e. The summed E-state index contributed by atoms with van der Waals surface area (Å²) in [6.45, 7) is 15.3. The van der Waals surface area contributed by atoms with E-state index < -0.39 is 0 Å². The lowest BCUT2D eigenvalue weighted by Crippen LogP contribution is -2.20. The average Bonchev–Trinajstić information content (AvgIpc) is 2.71. The summed E-state index contributed by atoms with van der Waals surface area (Å²) in [5, 5.41) is 0. The Morgan fingerprint density at radius 2 is 1.32 bits per heavy atom. The Bertz CT molecular complexity index is 444. The van der Waals surface area contributed by atoms with E-state index in [9.17, 15) is 9.59 Å². The van der Waals surface area contributed by atoms with Crippen LogP contribution in [0.2, 0.25) is 0 Å². The average molecular weight is 397 g/mol. The van der Waals surface area contributed by atoms with E-state index in [1.54, 1.807) is 0 Å². The number of unbranched alkanes of at least 4 members (excludes halogenated alkanes) is 2. The Hall–Kier alpha value is -1.32. The second kappa shape index (κ2) is 16.6. The van der Waals surface area contributed by atoms with Crippen molar-refractivity contribution in [3.05, 3.63) is 12.2 Å². The molecule has 4 heteroatoms. The third kappa shape index (κ3) is 12.2. The SMILES string of the molecule is C=C(CCC(C)C(=O)OCC(CC)CCCC)C(=O)OCC(CC)CCCC. The maximum absolute atomic E-state index is 12.2. The van der Waals surface area contributed by atoms with Crippen molar-refractivity contribution >= 4 is 11.9 Å². The van der Waals surface area contributed by atoms with E-state index in [1.807, 2.05) is 6.92 Å². The normalized spacial score (nSPS) is 14.2. The summed E-state index contributed by atoms with van der Waals surface area (Å²) >= 11 is 0. The van der Waals surface area contributed by atoms with Gasteiger partial charge in [-0.15, -0.1) is 0 Å². The Morgan fingerprint density at radius 3 is 1.79 bits per heavy atom. The summed E-state index contributed by atoms with van der Waals surface area (Å²) in [4.78, 5) is 24.3. The maximum Gasteiger partial charge on any atom is 0.333 e. The smallest absolute Gasteiger partial charge is 0.333 e. The zero-order valence-electron chi connectivity index (χ0n) is 19.1. The number of rotatable bonds is 17. The van der Waals surface area contributed by atoms with Crippen molar-refractivity contribution in [3.8, 4) is 0 Å². The monoisotopic (exact) mass is 396 g/mol. The van der Waals surface area contributed by atoms with Crippen molar-refractivity contribution in [2.24, 2.45) is 17.8 Å². The Labute approximate surface area is 173 Å². The van der Waals surface area contributed by atoms with Crippen molar-refractivity contribution in [2.45, 2.75) is 98.8 Å². The molecule has 28 heavy (non-hydrogen) atoms. The summed E-state index contributed by atoms with van der Waals surface area (Å²) in [5.74, 6) is 0.120. The highest BCUT2D eigenvalue weighted by Gasteiger charge is 2.19. The molecule has 0 N–H and O–H groups in total. The van der Waals surface area contributed by atoms with Crippen molar-refractivity contribution in [1.29, 1.82) is 0 Å². The van der Waals surface area contributed by atoms with Crippen LogP contribution in [0.3, 0.4) is 0 Å². The number of ether oxygens (including phenoxy) is 2. The van der Waals surface area contributed by atoms with E-state index >= 15 is 0 Å². The first kappa shape index (κ1) is 26.7. The van der Waals surface area contributed by atoms with E-state index in [0.29, 0.717) is 43.5 Å². The lowest BCUT2D eigenvalue weighted by atomic mass is 9.99. The van der Waals surface area contributed by atoms with E-state index in [0.717, 1.165) is 44.9 Å². The molecule has 0 aromatic rings. The van der Waals surface area contributed by atoms with Gasteiger partial charge < -0.3 is 9.47 Å². The molecular weight excluding hydrogens is 352 g/mol. The number of hydrogen-bond acceptors (Lipinski definition) is 4. The van der Waals surface area contributed by atoms with Crippen LogP contribution in [0.1, 0.15) is 98.8 Å². The fourth-order valence-corrected chi connectivity index (χ4v) is 3.04. The molecule has 0 saturated carbocycles. The predicted octanol–water partition coefficient (Wildman–Crippen LogP) is 6.48. The second-order valence-corrected chi connectivity index (χ2v) is 8.10. The van der Waals surface area contributed by atoms with Gasteiger partial charge in [-0.1, -0.05) is 79.7 Å². The van der Waals surface area contributed by atoms with Gasteiger partial charge >= 0.3 is 11.9 Å². The quantitative estimate of drug-likeness (QED) is 0.209. The van der Waals surface area contributed by atoms with Crippen LogP contribution in [-0.4, -0.2) is 25.2 Å². The molecule has 0 fully saturated rings. The Kier molecular flexibility index (Phi) is 15.8. The number of esters is 2. The van der Waals surface area contributed by atoms with Gasteiger partial charge in [-0.3, -0.25) is 4.79 Å². The van der Waals surface area contributed by atoms with Gasteiger partial charge in [-0.25, -0.2) is 4.79 Å². The van der Waals surface area contributed by atoms with Crippen LogP contribution in [0, 0.1) is 17.8 Å². The lowest BCUT2D eigenvalue weighted by molar-refractivity contribution is -0.150. The van der Waals surface area contributed by atoms with Crippen LogP contribution in [-0.2, 0) is 19.1 Å². The minimum absolute atomic E-state index is 0.179. The maximum atomic E-state index is 12.2. The molecule has 0 saturated heterocycles. The van der Waals surface area contributed by atoms with Crippen LogP contribution < -0.4 is 0 Å². The highest BCUT2D eigenvalue weighted by molar-refractivity contribution is 5.87. The van der Waals surface area contributed by atoms with E-state index in [-0.39, 0.29) is 17.9 Å². The molecule has 3 unspecified atom stereocenters. The molecule has 0 aromatic heterocycles. The van der Waals surface area contributed by atoms with E-state index in [1.165, 1.54) is 6.42 Å². The molecule has 0 aliphatic carbocycles. The predicted molar refractivity (Wildman–Crippen MR) is 116 cm³/mol. The summed E-state index contributed by atoms with van der Waals surface area (Å²) in [6.07, 6.45) is 9.92. The van der Waals surface area contributed by atoms with Gasteiger partial charge in [0.05, 0.1) is 19.1 Å². The van der Waals surface area contributed by atoms with Gasteiger partial charge in [0.2, 0.25) is 0 Å². The third-order valence-electron chi connectivity index (χ3n) is 5.57. The number of carbonyl (C=O) groups is 2. The van der Waals surface area contributed by atoms with Gasteiger partial charge in [-0.05, 0) is 37.5 Å². The fourth-order valence-electron chi connectivity index (χ4n) is 3.04. The molecule has 0 aromatic carbocycles. The Morgan fingerprint density at radius 1 is 0.821 bits per heavy atom. The summed E-state index contributed by atoms with van der Waals surface area (Å²) in [7, 11) is 0. The topological polar surface area (TPSA) is 52.6 Å². The van der Waals surface area contributed by atoms with Crippen molar-refractivity contribution < 1.29 is 19.1 Å². The van der Waals surface area contributed by atoms with E-state index in [4.69, 9.17) is 9.47 Å². The van der Waals surface area contributed by atoms with Gasteiger partial charge in [-0.2, -0.15) is 0 Å². The Balaban J connectivity index is 4.16. The molecule has 4 nitrogen and oxygen atoms in total. The molecular formula is C24H44O4. The molecule has 0 bridgehead atoms. The summed E-state index contributed by atoms with van der Waals surface area (Å²) in [5.41, 5.74) is 0.444. The molecule has 0 aliphatic heterocycles. The van der Waals surface area contributed by atoms with Gasteiger partial charge in [0.15, 0.2) is 0 Å². The summed E-state index contributed by atoms with van der Waals surface area (Å²) < 4.78 is 10.9. The first-order chi connectivity index (χ1) is 13.4. The molecule has 0 spiro atoms. The molecule has 0 aliphatic rings. The largest absolute Gasteiger partial charge is 0.465 e. The summed E-state index contributed by atoms with van der Waals surface area (Å²) in [6, 6.07) is 0. The van der Waals surface area contributed by atoms with Crippen LogP contribution in [0.4, 0.5) is 0 Å².